The third kappa shape index (κ3) is 3.92. The van der Waals surface area contributed by atoms with Crippen molar-refractivity contribution in [3.63, 3.8) is 0 Å². The van der Waals surface area contributed by atoms with E-state index in [2.05, 4.69) is 58.9 Å². The summed E-state index contributed by atoms with van der Waals surface area (Å²) in [5.74, 6) is 1.56. The van der Waals surface area contributed by atoms with E-state index >= 15 is 0 Å². The fourth-order valence-electron chi connectivity index (χ4n) is 1.54. The molecule has 0 aliphatic rings. The summed E-state index contributed by atoms with van der Waals surface area (Å²) < 4.78 is 6.07. The summed E-state index contributed by atoms with van der Waals surface area (Å²) in [6, 6.07) is 0. The Morgan fingerprint density at radius 1 is 1.28 bits per heavy atom. The summed E-state index contributed by atoms with van der Waals surface area (Å²) >= 11 is 3.60. The molecular formula is C13H22BrN3O. The number of aromatic nitrogens is 2. The molecule has 1 N–H and O–H groups in total. The van der Waals surface area contributed by atoms with Gasteiger partial charge >= 0.3 is 0 Å². The molecular weight excluding hydrogens is 294 g/mol. The van der Waals surface area contributed by atoms with E-state index in [-0.39, 0.29) is 5.41 Å². The van der Waals surface area contributed by atoms with E-state index in [1.165, 1.54) is 0 Å². The van der Waals surface area contributed by atoms with Crippen LogP contribution in [0.25, 0.3) is 0 Å². The molecule has 5 heteroatoms. The highest BCUT2D eigenvalue weighted by atomic mass is 79.9. The maximum atomic E-state index is 5.13. The molecule has 0 aromatic carbocycles. The maximum absolute atomic E-state index is 5.13. The van der Waals surface area contributed by atoms with Crippen molar-refractivity contribution in [2.24, 2.45) is 0 Å². The van der Waals surface area contributed by atoms with Gasteiger partial charge in [-0.3, -0.25) is 0 Å². The summed E-state index contributed by atoms with van der Waals surface area (Å²) in [6.07, 6.45) is 1.06. The fourth-order valence-corrected chi connectivity index (χ4v) is 2.46. The minimum Gasteiger partial charge on any atom is -0.377 e. The minimum atomic E-state index is -0.0348. The highest BCUT2D eigenvalue weighted by Gasteiger charge is 2.23. The van der Waals surface area contributed by atoms with E-state index in [1.807, 2.05) is 0 Å². The van der Waals surface area contributed by atoms with Crippen LogP contribution in [0.3, 0.4) is 0 Å². The molecule has 0 unspecified atom stereocenters. The van der Waals surface area contributed by atoms with Gasteiger partial charge in [0.05, 0.1) is 10.2 Å². The van der Waals surface area contributed by atoms with Crippen LogP contribution in [-0.2, 0) is 16.8 Å². The Balaban J connectivity index is 3.20. The lowest BCUT2D eigenvalue weighted by molar-refractivity contribution is 0.177. The number of methoxy groups -OCH3 is 1. The first-order valence-electron chi connectivity index (χ1n) is 6.19. The lowest BCUT2D eigenvalue weighted by atomic mass is 9.92. The molecule has 1 rings (SSSR count). The van der Waals surface area contributed by atoms with Gasteiger partial charge in [-0.05, 0) is 22.4 Å². The van der Waals surface area contributed by atoms with Gasteiger partial charge < -0.3 is 10.1 Å². The van der Waals surface area contributed by atoms with Crippen molar-refractivity contribution in [3.8, 4) is 0 Å². The second kappa shape index (κ2) is 6.48. The van der Waals surface area contributed by atoms with Crippen LogP contribution in [0.5, 0.6) is 0 Å². The topological polar surface area (TPSA) is 47.0 Å². The predicted molar refractivity (Wildman–Crippen MR) is 77.9 cm³/mol. The smallest absolute Gasteiger partial charge is 0.156 e. The lowest BCUT2D eigenvalue weighted by Crippen LogP contribution is -2.19. The Kier molecular flexibility index (Phi) is 5.53. The number of ether oxygens (including phenoxy) is 1. The highest BCUT2D eigenvalue weighted by Crippen LogP contribution is 2.32. The van der Waals surface area contributed by atoms with E-state index in [1.54, 1.807) is 7.11 Å². The molecule has 18 heavy (non-hydrogen) atoms. The van der Waals surface area contributed by atoms with Gasteiger partial charge in [0.15, 0.2) is 5.82 Å². The van der Waals surface area contributed by atoms with Gasteiger partial charge in [-0.15, -0.1) is 0 Å². The second-order valence-electron chi connectivity index (χ2n) is 5.26. The van der Waals surface area contributed by atoms with Gasteiger partial charge in [0, 0.05) is 19.1 Å². The normalized spacial score (nSPS) is 11.7. The Hall–Kier alpha value is -0.680. The Morgan fingerprint density at radius 2 is 1.94 bits per heavy atom. The zero-order valence-corrected chi connectivity index (χ0v) is 13.4. The SMILES string of the molecule is CCCNc1nc(COC)nc(C(C)(C)C)c1Br. The van der Waals surface area contributed by atoms with E-state index < -0.39 is 0 Å². The number of rotatable bonds is 5. The number of nitrogens with one attached hydrogen (secondary N) is 1. The van der Waals surface area contributed by atoms with E-state index in [4.69, 9.17) is 4.74 Å². The average Bonchev–Trinajstić information content (AvgIpc) is 2.28. The third-order valence-electron chi connectivity index (χ3n) is 2.42. The molecule has 0 spiro atoms. The van der Waals surface area contributed by atoms with Crippen LogP contribution in [0.4, 0.5) is 5.82 Å². The highest BCUT2D eigenvalue weighted by molar-refractivity contribution is 9.10. The van der Waals surface area contributed by atoms with Gasteiger partial charge in [0.25, 0.3) is 0 Å². The van der Waals surface area contributed by atoms with Gasteiger partial charge in [0.1, 0.15) is 12.4 Å². The van der Waals surface area contributed by atoms with Crippen molar-refractivity contribution in [2.75, 3.05) is 19.0 Å². The number of nitrogens with zero attached hydrogens (tertiary/aromatic N) is 2. The molecule has 0 aliphatic heterocycles. The average molecular weight is 316 g/mol. The standard InChI is InChI=1S/C13H22BrN3O/c1-6-7-15-12-10(14)11(13(2,3)4)16-9(17-12)8-18-5/h6-8H2,1-5H3,(H,15,16,17). The number of hydrogen-bond acceptors (Lipinski definition) is 4. The summed E-state index contributed by atoms with van der Waals surface area (Å²) in [5, 5.41) is 3.32. The minimum absolute atomic E-state index is 0.0348. The number of halogens is 1. The van der Waals surface area contributed by atoms with E-state index in [0.29, 0.717) is 12.4 Å². The molecule has 0 saturated heterocycles. The van der Waals surface area contributed by atoms with Crippen LogP contribution >= 0.6 is 15.9 Å². The van der Waals surface area contributed by atoms with Crippen molar-refractivity contribution in [3.05, 3.63) is 16.0 Å². The fraction of sp³-hybridized carbons (Fsp3) is 0.692. The summed E-state index contributed by atoms with van der Waals surface area (Å²) in [7, 11) is 1.65. The molecule has 1 aromatic heterocycles. The quantitative estimate of drug-likeness (QED) is 0.903. The van der Waals surface area contributed by atoms with Crippen LogP contribution in [0, 0.1) is 0 Å². The molecule has 1 heterocycles. The Morgan fingerprint density at radius 3 is 2.44 bits per heavy atom. The monoisotopic (exact) mass is 315 g/mol. The van der Waals surface area contributed by atoms with Crippen LogP contribution in [-0.4, -0.2) is 23.6 Å². The number of hydrogen-bond donors (Lipinski definition) is 1. The first-order chi connectivity index (χ1) is 8.40. The second-order valence-corrected chi connectivity index (χ2v) is 6.05. The van der Waals surface area contributed by atoms with Gasteiger partial charge in [0.2, 0.25) is 0 Å². The molecule has 0 radical (unpaired) electrons. The molecule has 0 amide bonds. The van der Waals surface area contributed by atoms with Gasteiger partial charge in [-0.2, -0.15) is 0 Å². The summed E-state index contributed by atoms with van der Waals surface area (Å²) in [5.41, 5.74) is 0.968. The Bertz CT molecular complexity index is 402. The van der Waals surface area contributed by atoms with Crippen molar-refractivity contribution < 1.29 is 4.74 Å². The van der Waals surface area contributed by atoms with E-state index in [0.717, 1.165) is 29.0 Å². The first-order valence-corrected chi connectivity index (χ1v) is 6.99. The van der Waals surface area contributed by atoms with E-state index in [9.17, 15) is 0 Å². The van der Waals surface area contributed by atoms with Crippen LogP contribution in [0.1, 0.15) is 45.6 Å². The maximum Gasteiger partial charge on any atom is 0.156 e. The van der Waals surface area contributed by atoms with Crippen molar-refractivity contribution >= 4 is 21.7 Å². The number of anilines is 1. The zero-order chi connectivity index (χ0) is 13.8. The molecule has 4 nitrogen and oxygen atoms in total. The lowest BCUT2D eigenvalue weighted by Gasteiger charge is -2.22. The van der Waals surface area contributed by atoms with Crippen LogP contribution < -0.4 is 5.32 Å². The van der Waals surface area contributed by atoms with Crippen LogP contribution in [0.15, 0.2) is 4.47 Å². The van der Waals surface area contributed by atoms with Crippen LogP contribution in [0.2, 0.25) is 0 Å². The molecule has 0 aliphatic carbocycles. The molecule has 0 atom stereocenters. The molecule has 0 saturated carbocycles. The molecule has 0 bridgehead atoms. The summed E-state index contributed by atoms with van der Waals surface area (Å²) in [4.78, 5) is 9.06. The molecule has 1 aromatic rings. The third-order valence-corrected chi connectivity index (χ3v) is 3.17. The van der Waals surface area contributed by atoms with Crippen molar-refractivity contribution in [2.45, 2.75) is 46.1 Å². The first kappa shape index (κ1) is 15.4. The predicted octanol–water partition coefficient (Wildman–Crippen LogP) is 3.50. The van der Waals surface area contributed by atoms with Crippen molar-refractivity contribution in [1.82, 2.24) is 9.97 Å². The van der Waals surface area contributed by atoms with Crippen molar-refractivity contribution in [1.29, 1.82) is 0 Å². The summed E-state index contributed by atoms with van der Waals surface area (Å²) in [6.45, 7) is 9.87. The molecule has 102 valence electrons. The largest absolute Gasteiger partial charge is 0.377 e. The van der Waals surface area contributed by atoms with Gasteiger partial charge in [-0.1, -0.05) is 27.7 Å². The Labute approximate surface area is 118 Å². The van der Waals surface area contributed by atoms with Gasteiger partial charge in [-0.25, -0.2) is 9.97 Å². The molecule has 0 fully saturated rings. The zero-order valence-electron chi connectivity index (χ0n) is 11.8.